The van der Waals surface area contributed by atoms with E-state index in [9.17, 15) is 14.4 Å². The number of carbonyl (C=O) groups excluding carboxylic acids is 3. The van der Waals surface area contributed by atoms with Crippen molar-refractivity contribution in [3.05, 3.63) is 35.5 Å². The highest BCUT2D eigenvalue weighted by Crippen LogP contribution is 2.32. The second kappa shape index (κ2) is 6.23. The Kier molecular flexibility index (Phi) is 4.24. The summed E-state index contributed by atoms with van der Waals surface area (Å²) in [5.41, 5.74) is 1.93. The Balaban J connectivity index is 1.75. The summed E-state index contributed by atoms with van der Waals surface area (Å²) in [6.45, 7) is 4.82. The molecule has 2 N–H and O–H groups in total. The fourth-order valence-corrected chi connectivity index (χ4v) is 2.44. The molecule has 7 nitrogen and oxygen atoms in total. The molecule has 1 saturated heterocycles. The quantitative estimate of drug-likeness (QED) is 0.495. The lowest BCUT2D eigenvalue weighted by molar-refractivity contribution is -0.222. The third kappa shape index (κ3) is 3.81. The van der Waals surface area contributed by atoms with Gasteiger partial charge in [0.25, 0.3) is 5.79 Å². The van der Waals surface area contributed by atoms with Crippen LogP contribution in [0.5, 0.6) is 0 Å². The van der Waals surface area contributed by atoms with Gasteiger partial charge < -0.3 is 20.1 Å². The lowest BCUT2D eigenvalue weighted by Crippen LogP contribution is -2.42. The standard InChI is InChI=1S/C18H20N2O5/c1-10-13(5-4-6-14(10)20-15(21)11-7-8-11)19-9-12-16(22)24-18(2,3)25-17(12)23/h4-6,9,11,19H,7-8H2,1-3H3,(H,20,21). The highest BCUT2D eigenvalue weighted by atomic mass is 16.7. The van der Waals surface area contributed by atoms with Crippen molar-refractivity contribution in [2.45, 2.75) is 39.4 Å². The Morgan fingerprint density at radius 2 is 1.76 bits per heavy atom. The van der Waals surface area contributed by atoms with Gasteiger partial charge in [0.15, 0.2) is 5.57 Å². The first-order valence-corrected chi connectivity index (χ1v) is 8.11. The van der Waals surface area contributed by atoms with E-state index in [1.165, 1.54) is 20.0 Å². The maximum atomic E-state index is 11.9. The molecule has 1 heterocycles. The number of benzene rings is 1. The van der Waals surface area contributed by atoms with Gasteiger partial charge in [0.2, 0.25) is 5.91 Å². The van der Waals surface area contributed by atoms with Crippen molar-refractivity contribution in [3.8, 4) is 0 Å². The van der Waals surface area contributed by atoms with E-state index in [0.717, 1.165) is 18.4 Å². The van der Waals surface area contributed by atoms with Gasteiger partial charge in [0, 0.05) is 37.3 Å². The maximum absolute atomic E-state index is 11.9. The van der Waals surface area contributed by atoms with Crippen LogP contribution in [0.15, 0.2) is 30.0 Å². The molecule has 2 fully saturated rings. The van der Waals surface area contributed by atoms with Crippen LogP contribution in [0.3, 0.4) is 0 Å². The van der Waals surface area contributed by atoms with Crippen LogP contribution in [0.1, 0.15) is 32.3 Å². The number of rotatable bonds is 4. The average Bonchev–Trinajstić information content (AvgIpc) is 3.33. The second-order valence-corrected chi connectivity index (χ2v) is 6.62. The molecule has 0 bridgehead atoms. The third-order valence-corrected chi connectivity index (χ3v) is 4.03. The van der Waals surface area contributed by atoms with E-state index in [4.69, 9.17) is 9.47 Å². The number of cyclic esters (lactones) is 2. The van der Waals surface area contributed by atoms with Gasteiger partial charge in [-0.15, -0.1) is 0 Å². The molecule has 0 aromatic heterocycles. The molecule has 0 atom stereocenters. The molecule has 0 spiro atoms. The lowest BCUT2D eigenvalue weighted by Gasteiger charge is -2.29. The molecule has 25 heavy (non-hydrogen) atoms. The normalized spacial score (nSPS) is 18.9. The van der Waals surface area contributed by atoms with Crippen LogP contribution in [-0.2, 0) is 23.9 Å². The predicted molar refractivity (Wildman–Crippen MR) is 90.5 cm³/mol. The molecule has 0 radical (unpaired) electrons. The van der Waals surface area contributed by atoms with Crippen molar-refractivity contribution in [2.24, 2.45) is 5.92 Å². The first kappa shape index (κ1) is 17.0. The fraction of sp³-hybridized carbons (Fsp3) is 0.389. The highest BCUT2D eigenvalue weighted by molar-refractivity contribution is 6.15. The highest BCUT2D eigenvalue weighted by Gasteiger charge is 2.39. The molecule has 3 rings (SSSR count). The molecule has 7 heteroatoms. The largest absolute Gasteiger partial charge is 0.419 e. The van der Waals surface area contributed by atoms with Crippen molar-refractivity contribution < 1.29 is 23.9 Å². The summed E-state index contributed by atoms with van der Waals surface area (Å²) in [5.74, 6) is -2.64. The van der Waals surface area contributed by atoms with Gasteiger partial charge in [-0.3, -0.25) is 4.79 Å². The number of hydrogen-bond acceptors (Lipinski definition) is 6. The van der Waals surface area contributed by atoms with Crippen LogP contribution in [0.25, 0.3) is 0 Å². The minimum absolute atomic E-state index is 0.0141. The van der Waals surface area contributed by atoms with Crippen molar-refractivity contribution in [1.82, 2.24) is 0 Å². The van der Waals surface area contributed by atoms with Gasteiger partial charge in [-0.25, -0.2) is 9.59 Å². The van der Waals surface area contributed by atoms with Crippen molar-refractivity contribution >= 4 is 29.2 Å². The summed E-state index contributed by atoms with van der Waals surface area (Å²) in [5, 5.41) is 5.81. The molecule has 2 aliphatic rings. The van der Waals surface area contributed by atoms with Crippen molar-refractivity contribution in [1.29, 1.82) is 0 Å². The summed E-state index contributed by atoms with van der Waals surface area (Å²) in [6.07, 6.45) is 3.11. The second-order valence-electron chi connectivity index (χ2n) is 6.62. The molecular formula is C18H20N2O5. The number of esters is 2. The molecule has 1 amide bonds. The molecular weight excluding hydrogens is 324 g/mol. The molecule has 1 aromatic rings. The maximum Gasteiger partial charge on any atom is 0.350 e. The SMILES string of the molecule is Cc1c(NC=C2C(=O)OC(C)(C)OC2=O)cccc1NC(=O)C1CC1. The zero-order chi connectivity index (χ0) is 18.2. The number of nitrogens with one attached hydrogen (secondary N) is 2. The molecule has 1 saturated carbocycles. The van der Waals surface area contributed by atoms with Crippen LogP contribution in [0.4, 0.5) is 11.4 Å². The Bertz CT molecular complexity index is 756. The van der Waals surface area contributed by atoms with E-state index >= 15 is 0 Å². The van der Waals surface area contributed by atoms with Crippen LogP contribution in [0.2, 0.25) is 0 Å². The number of amides is 1. The average molecular weight is 344 g/mol. The summed E-state index contributed by atoms with van der Waals surface area (Å²) in [6, 6.07) is 5.36. The third-order valence-electron chi connectivity index (χ3n) is 4.03. The van der Waals surface area contributed by atoms with E-state index < -0.39 is 17.7 Å². The molecule has 0 unspecified atom stereocenters. The summed E-state index contributed by atoms with van der Waals surface area (Å²) >= 11 is 0. The molecule has 1 aromatic carbocycles. The Hall–Kier alpha value is -2.83. The monoisotopic (exact) mass is 344 g/mol. The van der Waals surface area contributed by atoms with Crippen LogP contribution in [0, 0.1) is 12.8 Å². The first-order valence-electron chi connectivity index (χ1n) is 8.11. The number of anilines is 2. The van der Waals surface area contributed by atoms with Crippen LogP contribution < -0.4 is 10.6 Å². The molecule has 1 aliphatic carbocycles. The Morgan fingerprint density at radius 3 is 2.36 bits per heavy atom. The van der Waals surface area contributed by atoms with E-state index in [2.05, 4.69) is 10.6 Å². The van der Waals surface area contributed by atoms with E-state index in [-0.39, 0.29) is 17.4 Å². The first-order chi connectivity index (χ1) is 11.8. The van der Waals surface area contributed by atoms with E-state index in [1.807, 2.05) is 6.92 Å². The Labute approximate surface area is 145 Å². The fourth-order valence-electron chi connectivity index (χ4n) is 2.44. The van der Waals surface area contributed by atoms with Gasteiger partial charge in [-0.2, -0.15) is 0 Å². The number of hydrogen-bond donors (Lipinski definition) is 2. The van der Waals surface area contributed by atoms with Crippen molar-refractivity contribution in [3.63, 3.8) is 0 Å². The van der Waals surface area contributed by atoms with Gasteiger partial charge in [-0.1, -0.05) is 6.07 Å². The zero-order valence-electron chi connectivity index (χ0n) is 14.3. The van der Waals surface area contributed by atoms with Crippen LogP contribution in [-0.4, -0.2) is 23.6 Å². The molecule has 132 valence electrons. The smallest absolute Gasteiger partial charge is 0.350 e. The van der Waals surface area contributed by atoms with Gasteiger partial charge >= 0.3 is 11.9 Å². The van der Waals surface area contributed by atoms with Crippen molar-refractivity contribution in [2.75, 3.05) is 10.6 Å². The van der Waals surface area contributed by atoms with Gasteiger partial charge in [-0.05, 0) is 37.5 Å². The summed E-state index contributed by atoms with van der Waals surface area (Å²) in [7, 11) is 0. The van der Waals surface area contributed by atoms with Crippen LogP contribution >= 0.6 is 0 Å². The van der Waals surface area contributed by atoms with E-state index in [1.54, 1.807) is 18.2 Å². The van der Waals surface area contributed by atoms with Gasteiger partial charge in [0.05, 0.1) is 0 Å². The molecule has 1 aliphatic heterocycles. The summed E-state index contributed by atoms with van der Waals surface area (Å²) in [4.78, 5) is 35.8. The van der Waals surface area contributed by atoms with E-state index in [0.29, 0.717) is 11.4 Å². The Morgan fingerprint density at radius 1 is 1.16 bits per heavy atom. The van der Waals surface area contributed by atoms with Gasteiger partial charge in [0.1, 0.15) is 0 Å². The zero-order valence-corrected chi connectivity index (χ0v) is 14.3. The topological polar surface area (TPSA) is 93.7 Å². The lowest BCUT2D eigenvalue weighted by atomic mass is 10.1. The minimum Gasteiger partial charge on any atom is -0.419 e. The number of ether oxygens (including phenoxy) is 2. The summed E-state index contributed by atoms with van der Waals surface area (Å²) < 4.78 is 10.1. The number of carbonyl (C=O) groups is 3. The minimum atomic E-state index is -1.27. The predicted octanol–water partition coefficient (Wildman–Crippen LogP) is 2.48.